The third-order valence-electron chi connectivity index (χ3n) is 3.93. The minimum Gasteiger partial charge on any atom is -0.357 e. The molecule has 152 valence electrons. The monoisotopic (exact) mass is 422 g/mol. The molecule has 0 aliphatic heterocycles. The van der Waals surface area contributed by atoms with Gasteiger partial charge >= 0.3 is 0 Å². The fraction of sp³-hybridized carbons (Fsp3) is 0.350. The Kier molecular flexibility index (Phi) is 9.27. The van der Waals surface area contributed by atoms with E-state index >= 15 is 0 Å². The maximum atomic E-state index is 12.1. The van der Waals surface area contributed by atoms with Gasteiger partial charge in [0.25, 0.3) is 0 Å². The molecule has 0 aliphatic carbocycles. The van der Waals surface area contributed by atoms with Crippen LogP contribution in [0.3, 0.4) is 0 Å². The third kappa shape index (κ3) is 8.73. The summed E-state index contributed by atoms with van der Waals surface area (Å²) in [5.74, 6) is 0.544. The highest BCUT2D eigenvalue weighted by molar-refractivity contribution is 7.89. The van der Waals surface area contributed by atoms with Crippen LogP contribution in [0.15, 0.2) is 59.6 Å². The summed E-state index contributed by atoms with van der Waals surface area (Å²) in [4.78, 5) is 4.35. The molecule has 2 rings (SSSR count). The number of benzene rings is 2. The fourth-order valence-corrected chi connectivity index (χ4v) is 3.45. The standard InChI is InChI=1S/C20H27ClN4O2S/c1-2-22-20(23-13-12-17-8-10-19(21)11-9-17)24-14-15-28(26,27)25-16-18-6-4-3-5-7-18/h3-11,25H,2,12-16H2,1H3,(H2,22,23,24). The molecule has 0 fully saturated rings. The van der Waals surface area contributed by atoms with Crippen LogP contribution in [-0.4, -0.2) is 39.8 Å². The molecule has 0 atom stereocenters. The smallest absolute Gasteiger partial charge is 0.213 e. The van der Waals surface area contributed by atoms with Crippen molar-refractivity contribution in [3.63, 3.8) is 0 Å². The molecule has 0 unspecified atom stereocenters. The fourth-order valence-electron chi connectivity index (χ4n) is 2.46. The Morgan fingerprint density at radius 1 is 1.00 bits per heavy atom. The van der Waals surface area contributed by atoms with Crippen molar-refractivity contribution >= 4 is 27.6 Å². The Labute approximate surface area is 172 Å². The van der Waals surface area contributed by atoms with E-state index in [2.05, 4.69) is 20.3 Å². The maximum absolute atomic E-state index is 12.1. The van der Waals surface area contributed by atoms with Crippen LogP contribution in [0.4, 0.5) is 0 Å². The molecule has 0 bridgehead atoms. The number of halogens is 1. The van der Waals surface area contributed by atoms with Gasteiger partial charge in [-0.15, -0.1) is 0 Å². The molecule has 2 aromatic carbocycles. The minimum atomic E-state index is -3.38. The Morgan fingerprint density at radius 3 is 2.39 bits per heavy atom. The second kappa shape index (κ2) is 11.7. The van der Waals surface area contributed by atoms with E-state index in [4.69, 9.17) is 11.6 Å². The SMILES string of the molecule is CCNC(=NCCS(=O)(=O)NCc1ccccc1)NCCc1ccc(Cl)cc1. The van der Waals surface area contributed by atoms with Gasteiger partial charge in [-0.05, 0) is 36.6 Å². The molecule has 0 radical (unpaired) electrons. The summed E-state index contributed by atoms with van der Waals surface area (Å²) in [6.07, 6.45) is 0.818. The van der Waals surface area contributed by atoms with Gasteiger partial charge in [-0.3, -0.25) is 4.99 Å². The molecule has 0 saturated carbocycles. The van der Waals surface area contributed by atoms with Crippen molar-refractivity contribution in [2.45, 2.75) is 19.9 Å². The van der Waals surface area contributed by atoms with E-state index in [0.29, 0.717) is 24.1 Å². The molecule has 2 aromatic rings. The zero-order valence-corrected chi connectivity index (χ0v) is 17.6. The molecule has 8 heteroatoms. The lowest BCUT2D eigenvalue weighted by molar-refractivity contribution is 0.581. The molecule has 0 aliphatic rings. The van der Waals surface area contributed by atoms with Crippen LogP contribution < -0.4 is 15.4 Å². The summed E-state index contributed by atoms with van der Waals surface area (Å²) in [7, 11) is -3.38. The summed E-state index contributed by atoms with van der Waals surface area (Å²) >= 11 is 5.89. The zero-order chi connectivity index (χ0) is 20.2. The van der Waals surface area contributed by atoms with E-state index < -0.39 is 10.0 Å². The number of sulfonamides is 1. The van der Waals surface area contributed by atoms with Crippen LogP contribution in [0.1, 0.15) is 18.1 Å². The lowest BCUT2D eigenvalue weighted by Crippen LogP contribution is -2.39. The van der Waals surface area contributed by atoms with Crippen LogP contribution in [0, 0.1) is 0 Å². The van der Waals surface area contributed by atoms with Gasteiger partial charge in [-0.2, -0.15) is 0 Å². The molecular weight excluding hydrogens is 396 g/mol. The Balaban J connectivity index is 1.77. The van der Waals surface area contributed by atoms with Crippen molar-refractivity contribution in [1.82, 2.24) is 15.4 Å². The average Bonchev–Trinajstić information content (AvgIpc) is 2.69. The first-order valence-corrected chi connectivity index (χ1v) is 11.3. The molecule has 0 spiro atoms. The largest absolute Gasteiger partial charge is 0.357 e. The highest BCUT2D eigenvalue weighted by Gasteiger charge is 2.09. The average molecular weight is 423 g/mol. The number of hydrogen-bond acceptors (Lipinski definition) is 3. The van der Waals surface area contributed by atoms with Crippen molar-refractivity contribution in [3.05, 3.63) is 70.7 Å². The van der Waals surface area contributed by atoms with Gasteiger partial charge in [0, 0.05) is 24.7 Å². The first-order valence-electron chi connectivity index (χ1n) is 9.26. The minimum absolute atomic E-state index is 0.0619. The van der Waals surface area contributed by atoms with Gasteiger partial charge in [-0.1, -0.05) is 54.1 Å². The maximum Gasteiger partial charge on any atom is 0.213 e. The highest BCUT2D eigenvalue weighted by atomic mass is 35.5. The Bertz CT molecular complexity index is 840. The van der Waals surface area contributed by atoms with Crippen molar-refractivity contribution in [2.75, 3.05) is 25.4 Å². The van der Waals surface area contributed by atoms with Crippen molar-refractivity contribution in [3.8, 4) is 0 Å². The second-order valence-electron chi connectivity index (χ2n) is 6.19. The first kappa shape index (κ1) is 22.2. The number of aliphatic imine (C=N–C) groups is 1. The summed E-state index contributed by atoms with van der Waals surface area (Å²) in [5.41, 5.74) is 2.09. The van der Waals surface area contributed by atoms with Crippen LogP contribution in [0.2, 0.25) is 5.02 Å². The number of nitrogens with one attached hydrogen (secondary N) is 3. The summed E-state index contributed by atoms with van der Waals surface area (Å²) in [6, 6.07) is 17.1. The highest BCUT2D eigenvalue weighted by Crippen LogP contribution is 2.09. The van der Waals surface area contributed by atoms with Crippen LogP contribution >= 0.6 is 11.6 Å². The Hall–Kier alpha value is -2.09. The number of rotatable bonds is 10. The number of hydrogen-bond donors (Lipinski definition) is 3. The predicted molar refractivity (Wildman–Crippen MR) is 116 cm³/mol. The van der Waals surface area contributed by atoms with Crippen molar-refractivity contribution < 1.29 is 8.42 Å². The number of nitrogens with zero attached hydrogens (tertiary/aromatic N) is 1. The van der Waals surface area contributed by atoms with Crippen LogP contribution in [0.25, 0.3) is 0 Å². The molecule has 28 heavy (non-hydrogen) atoms. The van der Waals surface area contributed by atoms with E-state index in [1.54, 1.807) is 0 Å². The molecular formula is C20H27ClN4O2S. The van der Waals surface area contributed by atoms with E-state index in [9.17, 15) is 8.42 Å². The molecule has 0 aromatic heterocycles. The summed E-state index contributed by atoms with van der Waals surface area (Å²) in [5, 5.41) is 7.06. The zero-order valence-electron chi connectivity index (χ0n) is 16.0. The quantitative estimate of drug-likeness (QED) is 0.406. The van der Waals surface area contributed by atoms with Gasteiger partial charge < -0.3 is 10.6 Å². The van der Waals surface area contributed by atoms with E-state index in [0.717, 1.165) is 12.0 Å². The van der Waals surface area contributed by atoms with E-state index in [1.165, 1.54) is 5.56 Å². The lowest BCUT2D eigenvalue weighted by atomic mass is 10.1. The normalized spacial score (nSPS) is 12.0. The van der Waals surface area contributed by atoms with Gasteiger partial charge in [0.15, 0.2) is 5.96 Å². The third-order valence-corrected chi connectivity index (χ3v) is 5.49. The van der Waals surface area contributed by atoms with Gasteiger partial charge in [0.1, 0.15) is 0 Å². The van der Waals surface area contributed by atoms with E-state index in [1.807, 2.05) is 61.5 Å². The first-order chi connectivity index (χ1) is 13.5. The second-order valence-corrected chi connectivity index (χ2v) is 8.55. The topological polar surface area (TPSA) is 82.6 Å². The van der Waals surface area contributed by atoms with Gasteiger partial charge in [-0.25, -0.2) is 13.1 Å². The molecule has 0 heterocycles. The van der Waals surface area contributed by atoms with Crippen molar-refractivity contribution in [2.24, 2.45) is 4.99 Å². The van der Waals surface area contributed by atoms with Crippen LogP contribution in [0.5, 0.6) is 0 Å². The number of guanidine groups is 1. The molecule has 0 amide bonds. The predicted octanol–water partition coefficient (Wildman–Crippen LogP) is 2.56. The van der Waals surface area contributed by atoms with Gasteiger partial charge in [0.2, 0.25) is 10.0 Å². The van der Waals surface area contributed by atoms with Crippen LogP contribution in [-0.2, 0) is 23.0 Å². The summed E-state index contributed by atoms with van der Waals surface area (Å²) in [6.45, 7) is 3.82. The van der Waals surface area contributed by atoms with E-state index in [-0.39, 0.29) is 18.8 Å². The summed E-state index contributed by atoms with van der Waals surface area (Å²) < 4.78 is 26.9. The molecule has 3 N–H and O–H groups in total. The molecule has 6 nitrogen and oxygen atoms in total. The molecule has 0 saturated heterocycles. The lowest BCUT2D eigenvalue weighted by Gasteiger charge is -2.11. The van der Waals surface area contributed by atoms with Gasteiger partial charge in [0.05, 0.1) is 12.3 Å². The van der Waals surface area contributed by atoms with Crippen molar-refractivity contribution in [1.29, 1.82) is 0 Å². The Morgan fingerprint density at radius 2 is 1.71 bits per heavy atom.